The van der Waals surface area contributed by atoms with E-state index >= 15 is 0 Å². The summed E-state index contributed by atoms with van der Waals surface area (Å²) in [6, 6.07) is 4.55. The molecule has 0 aliphatic heterocycles. The molecule has 3 nitrogen and oxygen atoms in total. The first-order valence-corrected chi connectivity index (χ1v) is 6.34. The zero-order valence-corrected chi connectivity index (χ0v) is 11.0. The molecule has 6 heteroatoms. The zero-order valence-electron chi connectivity index (χ0n) is 8.57. The van der Waals surface area contributed by atoms with Crippen LogP contribution in [-0.4, -0.2) is 23.7 Å². The van der Waals surface area contributed by atoms with E-state index in [9.17, 15) is 9.18 Å². The van der Waals surface area contributed by atoms with Crippen LogP contribution in [0.25, 0.3) is 0 Å². The lowest BCUT2D eigenvalue weighted by molar-refractivity contribution is -0.139. The number of benzene rings is 1. The third kappa shape index (κ3) is 3.68. The number of esters is 1. The number of anilines is 1. The number of nitrogen functional groups attached to an aromatic ring is 1. The van der Waals surface area contributed by atoms with Crippen molar-refractivity contribution in [3.05, 3.63) is 24.0 Å². The minimum atomic E-state index is -0.450. The predicted octanol–water partition coefficient (Wildman–Crippen LogP) is 2.44. The molecule has 88 valence electrons. The van der Waals surface area contributed by atoms with E-state index < -0.39 is 10.6 Å². The molecule has 0 amide bonds. The number of nitrogens with two attached hydrogens (primary N) is 1. The Morgan fingerprint density at radius 1 is 1.69 bits per heavy atom. The average molecular weight is 308 g/mol. The molecule has 1 unspecified atom stereocenters. The molecule has 1 rings (SSSR count). The van der Waals surface area contributed by atoms with Crippen molar-refractivity contribution in [2.24, 2.45) is 0 Å². The smallest absolute Gasteiger partial charge is 0.320 e. The molecule has 0 saturated heterocycles. The molecule has 1 aromatic carbocycles. The molecule has 0 saturated carbocycles. The van der Waals surface area contributed by atoms with Gasteiger partial charge in [0.25, 0.3) is 0 Å². The molecule has 0 aromatic heterocycles. The van der Waals surface area contributed by atoms with Crippen LogP contribution in [0.1, 0.15) is 0 Å². The van der Waals surface area contributed by atoms with Crippen molar-refractivity contribution in [3.63, 3.8) is 0 Å². The largest absolute Gasteiger partial charge is 0.468 e. The summed E-state index contributed by atoms with van der Waals surface area (Å²) in [5.41, 5.74) is 5.47. The number of hydrogen-bond acceptors (Lipinski definition) is 4. The second-order valence-electron chi connectivity index (χ2n) is 2.99. The number of methoxy groups -OCH3 is 1. The number of hydrogen-bond donors (Lipinski definition) is 1. The Hall–Kier alpha value is -0.750. The predicted molar refractivity (Wildman–Crippen MR) is 66.3 cm³/mol. The second kappa shape index (κ2) is 6.10. The van der Waals surface area contributed by atoms with Crippen LogP contribution >= 0.6 is 27.7 Å². The Morgan fingerprint density at radius 2 is 2.38 bits per heavy atom. The first-order valence-electron chi connectivity index (χ1n) is 4.44. The highest BCUT2D eigenvalue weighted by Crippen LogP contribution is 2.24. The van der Waals surface area contributed by atoms with E-state index in [-0.39, 0.29) is 11.7 Å². The van der Waals surface area contributed by atoms with Crippen LogP contribution in [0, 0.1) is 5.82 Å². The molecular weight excluding hydrogens is 297 g/mol. The van der Waals surface area contributed by atoms with Crippen molar-refractivity contribution in [1.82, 2.24) is 0 Å². The van der Waals surface area contributed by atoms with Crippen LogP contribution in [0.5, 0.6) is 0 Å². The van der Waals surface area contributed by atoms with E-state index in [1.54, 1.807) is 6.07 Å². The molecule has 0 fully saturated rings. The van der Waals surface area contributed by atoms with Gasteiger partial charge >= 0.3 is 5.97 Å². The monoisotopic (exact) mass is 307 g/mol. The van der Waals surface area contributed by atoms with Crippen LogP contribution in [-0.2, 0) is 9.53 Å². The fourth-order valence-electron chi connectivity index (χ4n) is 0.963. The van der Waals surface area contributed by atoms with Gasteiger partial charge in [-0.25, -0.2) is 4.39 Å². The third-order valence-electron chi connectivity index (χ3n) is 1.83. The number of ether oxygens (including phenoxy) is 1. The maximum atomic E-state index is 13.1. The van der Waals surface area contributed by atoms with Gasteiger partial charge in [-0.2, -0.15) is 0 Å². The quantitative estimate of drug-likeness (QED) is 0.402. The highest BCUT2D eigenvalue weighted by atomic mass is 79.9. The molecule has 0 bridgehead atoms. The van der Waals surface area contributed by atoms with E-state index in [2.05, 4.69) is 20.7 Å². The Morgan fingerprint density at radius 3 is 2.94 bits per heavy atom. The zero-order chi connectivity index (χ0) is 12.1. The van der Waals surface area contributed by atoms with Gasteiger partial charge in [-0.05, 0) is 18.2 Å². The van der Waals surface area contributed by atoms with Crippen molar-refractivity contribution < 1.29 is 13.9 Å². The molecule has 1 aromatic rings. The number of carbonyl (C=O) groups excluding carboxylic acids is 1. The first kappa shape index (κ1) is 13.3. The van der Waals surface area contributed by atoms with E-state index in [1.165, 1.54) is 31.0 Å². The summed E-state index contributed by atoms with van der Waals surface area (Å²) >= 11 is 4.53. The van der Waals surface area contributed by atoms with Crippen molar-refractivity contribution in [2.45, 2.75) is 9.72 Å². The van der Waals surface area contributed by atoms with E-state index in [4.69, 9.17) is 5.73 Å². The Kier molecular flexibility index (Phi) is 5.08. The van der Waals surface area contributed by atoms with Crippen LogP contribution in [0.15, 0.2) is 23.1 Å². The van der Waals surface area contributed by atoms with Crippen LogP contribution in [0.4, 0.5) is 10.1 Å². The molecule has 0 aliphatic rings. The molecule has 0 radical (unpaired) electrons. The minimum absolute atomic E-state index is 0.118. The summed E-state index contributed by atoms with van der Waals surface area (Å²) in [7, 11) is 1.32. The Balaban J connectivity index is 2.55. The van der Waals surface area contributed by atoms with Gasteiger partial charge in [-0.1, -0.05) is 15.9 Å². The number of carbonyl (C=O) groups is 1. The van der Waals surface area contributed by atoms with Gasteiger partial charge in [0.1, 0.15) is 10.6 Å². The highest BCUT2D eigenvalue weighted by molar-refractivity contribution is 9.10. The van der Waals surface area contributed by atoms with Gasteiger partial charge in [-0.15, -0.1) is 11.8 Å². The average Bonchev–Trinajstić information content (AvgIpc) is 2.29. The molecular formula is C10H11BrFNO2S. The highest BCUT2D eigenvalue weighted by Gasteiger charge is 2.15. The van der Waals surface area contributed by atoms with Crippen LogP contribution in [0.3, 0.4) is 0 Å². The normalized spacial score (nSPS) is 12.2. The summed E-state index contributed by atoms with van der Waals surface area (Å²) < 4.78 is 17.6. The Bertz CT molecular complexity index is 389. The number of thioether (sulfide) groups is 1. The summed E-state index contributed by atoms with van der Waals surface area (Å²) in [4.78, 5) is 11.4. The fraction of sp³-hybridized carbons (Fsp3) is 0.300. The maximum absolute atomic E-state index is 13.1. The van der Waals surface area contributed by atoms with Gasteiger partial charge in [-0.3, -0.25) is 4.79 Å². The molecule has 0 heterocycles. The second-order valence-corrected chi connectivity index (χ2v) is 5.18. The molecule has 0 spiro atoms. The van der Waals surface area contributed by atoms with Crippen molar-refractivity contribution in [1.29, 1.82) is 0 Å². The first-order chi connectivity index (χ1) is 7.54. The minimum Gasteiger partial charge on any atom is -0.468 e. The topological polar surface area (TPSA) is 52.3 Å². The standard InChI is InChI=1S/C10H11BrFNO2S/c1-15-10(14)7(11)5-16-6-2-3-9(13)8(12)4-6/h2-4,7H,5,13H2,1H3. The number of alkyl halides is 1. The van der Waals surface area contributed by atoms with Gasteiger partial charge in [0, 0.05) is 10.6 Å². The molecule has 16 heavy (non-hydrogen) atoms. The molecule has 0 aliphatic carbocycles. The van der Waals surface area contributed by atoms with E-state index in [1.807, 2.05) is 0 Å². The van der Waals surface area contributed by atoms with Crippen molar-refractivity contribution in [3.8, 4) is 0 Å². The lowest BCUT2D eigenvalue weighted by Crippen LogP contribution is -2.17. The van der Waals surface area contributed by atoms with Crippen LogP contribution < -0.4 is 5.73 Å². The number of rotatable bonds is 4. The maximum Gasteiger partial charge on any atom is 0.320 e. The van der Waals surface area contributed by atoms with Crippen molar-refractivity contribution >= 4 is 39.3 Å². The SMILES string of the molecule is COC(=O)C(Br)CSc1ccc(N)c(F)c1. The van der Waals surface area contributed by atoms with Crippen molar-refractivity contribution in [2.75, 3.05) is 18.6 Å². The van der Waals surface area contributed by atoms with Gasteiger partial charge in [0.2, 0.25) is 0 Å². The van der Waals surface area contributed by atoms with Gasteiger partial charge in [0.15, 0.2) is 0 Å². The van der Waals surface area contributed by atoms with E-state index in [0.717, 1.165) is 4.90 Å². The summed E-state index contributed by atoms with van der Waals surface area (Å²) in [5, 5.41) is 0. The fourth-order valence-corrected chi connectivity index (χ4v) is 2.37. The van der Waals surface area contributed by atoms with Gasteiger partial charge in [0.05, 0.1) is 12.8 Å². The van der Waals surface area contributed by atoms with Crippen LogP contribution in [0.2, 0.25) is 0 Å². The lowest BCUT2D eigenvalue weighted by Gasteiger charge is -2.07. The number of halogens is 2. The lowest BCUT2D eigenvalue weighted by atomic mass is 10.3. The van der Waals surface area contributed by atoms with E-state index in [0.29, 0.717) is 5.75 Å². The van der Waals surface area contributed by atoms with Gasteiger partial charge < -0.3 is 10.5 Å². The summed E-state index contributed by atoms with van der Waals surface area (Å²) in [5.74, 6) is -0.326. The Labute approximate surface area is 106 Å². The summed E-state index contributed by atoms with van der Waals surface area (Å²) in [6.07, 6.45) is 0. The molecule has 2 N–H and O–H groups in total. The third-order valence-corrected chi connectivity index (χ3v) is 4.04. The molecule has 1 atom stereocenters. The summed E-state index contributed by atoms with van der Waals surface area (Å²) in [6.45, 7) is 0.